The highest BCUT2D eigenvalue weighted by atomic mass is 16.6. The van der Waals surface area contributed by atoms with E-state index in [0.29, 0.717) is 0 Å². The summed E-state index contributed by atoms with van der Waals surface area (Å²) in [5.74, 6) is 0. The average Bonchev–Trinajstić information content (AvgIpc) is 2.53. The van der Waals surface area contributed by atoms with Crippen LogP contribution in [0.1, 0.15) is 69.8 Å². The second kappa shape index (κ2) is 14.0. The maximum atomic E-state index is 4.81. The Labute approximate surface area is 130 Å². The monoisotopic (exact) mass is 292 g/mol. The minimum absolute atomic E-state index is 0.980. The zero-order valence-electron chi connectivity index (χ0n) is 13.7. The summed E-state index contributed by atoms with van der Waals surface area (Å²) in [5.41, 5.74) is 4.26. The molecule has 1 rings (SSSR count). The molecule has 0 aliphatic heterocycles. The van der Waals surface area contributed by atoms with E-state index in [1.165, 1.54) is 76.2 Å². The Morgan fingerprint density at radius 1 is 0.905 bits per heavy atom. The molecule has 3 heteroatoms. The van der Waals surface area contributed by atoms with Crippen molar-refractivity contribution in [1.29, 1.82) is 0 Å². The molecule has 1 heterocycles. The summed E-state index contributed by atoms with van der Waals surface area (Å²) in [6.07, 6.45) is 18.6. The fourth-order valence-electron chi connectivity index (χ4n) is 2.59. The van der Waals surface area contributed by atoms with Crippen molar-refractivity contribution in [2.45, 2.75) is 70.6 Å². The summed E-state index contributed by atoms with van der Waals surface area (Å²) in [4.78, 5) is 8.96. The van der Waals surface area contributed by atoms with Crippen molar-refractivity contribution in [2.75, 3.05) is 13.7 Å². The van der Waals surface area contributed by atoms with Gasteiger partial charge in [0, 0.05) is 18.9 Å². The molecule has 0 saturated heterocycles. The van der Waals surface area contributed by atoms with Gasteiger partial charge in [0.25, 0.3) is 0 Å². The Kier molecular flexibility index (Phi) is 12.1. The van der Waals surface area contributed by atoms with E-state index in [-0.39, 0.29) is 0 Å². The number of pyridine rings is 1. The number of aromatic nitrogens is 1. The number of rotatable bonds is 14. The molecule has 0 saturated carbocycles. The van der Waals surface area contributed by atoms with Crippen LogP contribution in [0.15, 0.2) is 24.5 Å². The van der Waals surface area contributed by atoms with Crippen molar-refractivity contribution in [3.05, 3.63) is 30.1 Å². The van der Waals surface area contributed by atoms with Crippen LogP contribution in [0.5, 0.6) is 0 Å². The smallest absolute Gasteiger partial charge is 0.0572 e. The summed E-state index contributed by atoms with van der Waals surface area (Å²) in [6, 6.07) is 4.20. The predicted molar refractivity (Wildman–Crippen MR) is 89.1 cm³/mol. The van der Waals surface area contributed by atoms with Crippen LogP contribution >= 0.6 is 0 Å². The van der Waals surface area contributed by atoms with Crippen LogP contribution in [0.4, 0.5) is 0 Å². The Morgan fingerprint density at radius 3 is 2.10 bits per heavy atom. The van der Waals surface area contributed by atoms with Crippen LogP contribution in [0.3, 0.4) is 0 Å². The zero-order valence-corrected chi connectivity index (χ0v) is 13.7. The molecule has 0 unspecified atom stereocenters. The maximum Gasteiger partial charge on any atom is 0.0572 e. The van der Waals surface area contributed by atoms with Crippen LogP contribution in [0.25, 0.3) is 0 Å². The van der Waals surface area contributed by atoms with Gasteiger partial charge in [-0.05, 0) is 30.9 Å². The van der Waals surface area contributed by atoms with Crippen LogP contribution in [-0.4, -0.2) is 18.6 Å². The topological polar surface area (TPSA) is 34.1 Å². The highest BCUT2D eigenvalue weighted by Gasteiger charge is 1.95. The molecule has 0 atom stereocenters. The fourth-order valence-corrected chi connectivity index (χ4v) is 2.59. The first-order valence-corrected chi connectivity index (χ1v) is 8.58. The summed E-state index contributed by atoms with van der Waals surface area (Å²) < 4.78 is 0. The minimum Gasteiger partial charge on any atom is -0.305 e. The molecule has 0 aliphatic rings. The fraction of sp³-hybridized carbons (Fsp3) is 0.722. The van der Waals surface area contributed by atoms with Gasteiger partial charge in [0.1, 0.15) is 0 Å². The Hall–Kier alpha value is -0.930. The summed E-state index contributed by atoms with van der Waals surface area (Å²) >= 11 is 0. The SMILES string of the molecule is CONCCCCCCCCCCCCc1cccnc1. The average molecular weight is 292 g/mol. The lowest BCUT2D eigenvalue weighted by Crippen LogP contribution is -2.12. The number of hydroxylamine groups is 1. The van der Waals surface area contributed by atoms with Crippen LogP contribution in [0, 0.1) is 0 Å². The van der Waals surface area contributed by atoms with Crippen molar-refractivity contribution in [1.82, 2.24) is 10.5 Å². The van der Waals surface area contributed by atoms with Crippen molar-refractivity contribution < 1.29 is 4.84 Å². The first kappa shape index (κ1) is 18.1. The minimum atomic E-state index is 0.980. The van der Waals surface area contributed by atoms with Crippen LogP contribution in [0.2, 0.25) is 0 Å². The number of aryl methyl sites for hydroxylation is 1. The van der Waals surface area contributed by atoms with Gasteiger partial charge in [0.15, 0.2) is 0 Å². The third-order valence-corrected chi connectivity index (χ3v) is 3.86. The molecule has 0 bridgehead atoms. The van der Waals surface area contributed by atoms with Gasteiger partial charge in [-0.15, -0.1) is 0 Å². The second-order valence-corrected chi connectivity index (χ2v) is 5.75. The van der Waals surface area contributed by atoms with Gasteiger partial charge in [-0.1, -0.05) is 57.4 Å². The quantitative estimate of drug-likeness (QED) is 0.399. The molecule has 1 aromatic heterocycles. The molecule has 0 aliphatic carbocycles. The van der Waals surface area contributed by atoms with Gasteiger partial charge in [0.05, 0.1) is 7.11 Å². The lowest BCUT2D eigenvalue weighted by Gasteiger charge is -2.03. The Balaban J connectivity index is 1.75. The second-order valence-electron chi connectivity index (χ2n) is 5.75. The molecule has 0 aromatic carbocycles. The molecular weight excluding hydrogens is 260 g/mol. The molecule has 1 N–H and O–H groups in total. The maximum absolute atomic E-state index is 4.81. The van der Waals surface area contributed by atoms with Crippen molar-refractivity contribution in [2.24, 2.45) is 0 Å². The first-order valence-electron chi connectivity index (χ1n) is 8.58. The van der Waals surface area contributed by atoms with E-state index in [4.69, 9.17) is 4.84 Å². The zero-order chi connectivity index (χ0) is 15.0. The number of nitrogens with zero attached hydrogens (tertiary/aromatic N) is 1. The first-order chi connectivity index (χ1) is 10.4. The number of hydrogen-bond donors (Lipinski definition) is 1. The lowest BCUT2D eigenvalue weighted by atomic mass is 10.0. The molecular formula is C18H32N2O. The number of unbranched alkanes of at least 4 members (excludes halogenated alkanes) is 9. The Bertz CT molecular complexity index is 316. The van der Waals surface area contributed by atoms with E-state index in [9.17, 15) is 0 Å². The van der Waals surface area contributed by atoms with E-state index in [1.54, 1.807) is 7.11 Å². The molecule has 0 radical (unpaired) electrons. The van der Waals surface area contributed by atoms with Crippen LogP contribution < -0.4 is 5.48 Å². The van der Waals surface area contributed by atoms with E-state index in [2.05, 4.69) is 16.5 Å². The van der Waals surface area contributed by atoms with Gasteiger partial charge in [-0.25, -0.2) is 5.48 Å². The summed E-state index contributed by atoms with van der Waals surface area (Å²) in [7, 11) is 1.68. The van der Waals surface area contributed by atoms with Gasteiger partial charge < -0.3 is 4.84 Å². The normalized spacial score (nSPS) is 10.9. The number of nitrogens with one attached hydrogen (secondary N) is 1. The van der Waals surface area contributed by atoms with E-state index >= 15 is 0 Å². The van der Waals surface area contributed by atoms with Gasteiger partial charge in [-0.2, -0.15) is 0 Å². The van der Waals surface area contributed by atoms with Gasteiger partial charge in [-0.3, -0.25) is 4.98 Å². The molecule has 120 valence electrons. The summed E-state index contributed by atoms with van der Waals surface area (Å²) in [5, 5.41) is 0. The third kappa shape index (κ3) is 11.4. The standard InChI is InChI=1S/C18H32N2O/c1-21-20-16-11-9-7-5-3-2-4-6-8-10-13-18-14-12-15-19-17-18/h12,14-15,17,20H,2-11,13,16H2,1H3. The van der Waals surface area contributed by atoms with E-state index < -0.39 is 0 Å². The van der Waals surface area contributed by atoms with Gasteiger partial charge >= 0.3 is 0 Å². The van der Waals surface area contributed by atoms with E-state index in [0.717, 1.165) is 6.54 Å². The predicted octanol–water partition coefficient (Wildman–Crippen LogP) is 4.68. The van der Waals surface area contributed by atoms with Crippen molar-refractivity contribution in [3.63, 3.8) is 0 Å². The largest absolute Gasteiger partial charge is 0.305 e. The molecule has 0 amide bonds. The van der Waals surface area contributed by atoms with E-state index in [1.807, 2.05) is 18.5 Å². The molecule has 21 heavy (non-hydrogen) atoms. The van der Waals surface area contributed by atoms with Crippen molar-refractivity contribution in [3.8, 4) is 0 Å². The molecule has 0 spiro atoms. The van der Waals surface area contributed by atoms with Gasteiger partial charge in [0.2, 0.25) is 0 Å². The molecule has 1 aromatic rings. The van der Waals surface area contributed by atoms with Crippen molar-refractivity contribution >= 4 is 0 Å². The third-order valence-electron chi connectivity index (χ3n) is 3.86. The number of hydrogen-bond acceptors (Lipinski definition) is 3. The lowest BCUT2D eigenvalue weighted by molar-refractivity contribution is 0.0904. The molecule has 0 fully saturated rings. The molecule has 3 nitrogen and oxygen atoms in total. The van der Waals surface area contributed by atoms with Crippen LogP contribution in [-0.2, 0) is 11.3 Å². The Morgan fingerprint density at radius 2 is 1.52 bits per heavy atom. The highest BCUT2D eigenvalue weighted by molar-refractivity contribution is 5.08. The summed E-state index contributed by atoms with van der Waals surface area (Å²) in [6.45, 7) is 0.980. The highest BCUT2D eigenvalue weighted by Crippen LogP contribution is 2.12.